The molecule has 8 heteroatoms. The SMILES string of the molecule is CS(=O)(=O)c1ccc(N2CCC(C(=O)N3CCC(F)(F)CC3)C2)cc1. The number of alkyl halides is 2. The molecule has 2 aliphatic heterocycles. The number of carbonyl (C=O) groups is 1. The van der Waals surface area contributed by atoms with E-state index < -0.39 is 15.8 Å². The van der Waals surface area contributed by atoms with E-state index in [1.165, 1.54) is 0 Å². The Balaban J connectivity index is 1.61. The Kier molecular flexibility index (Phi) is 4.74. The molecule has 0 saturated carbocycles. The smallest absolute Gasteiger partial charge is 0.251 e. The van der Waals surface area contributed by atoms with Crippen LogP contribution in [0.2, 0.25) is 0 Å². The third kappa shape index (κ3) is 4.11. The molecule has 0 radical (unpaired) electrons. The van der Waals surface area contributed by atoms with Crippen molar-refractivity contribution in [2.24, 2.45) is 5.92 Å². The molecule has 0 N–H and O–H groups in total. The predicted octanol–water partition coefficient (Wildman–Crippen LogP) is 2.17. The van der Waals surface area contributed by atoms with Gasteiger partial charge in [-0.3, -0.25) is 4.79 Å². The van der Waals surface area contributed by atoms with Gasteiger partial charge in [0.25, 0.3) is 5.92 Å². The molecule has 1 aromatic carbocycles. The van der Waals surface area contributed by atoms with Crippen LogP contribution in [0, 0.1) is 5.92 Å². The van der Waals surface area contributed by atoms with Crippen molar-refractivity contribution < 1.29 is 22.0 Å². The highest BCUT2D eigenvalue weighted by molar-refractivity contribution is 7.90. The summed E-state index contributed by atoms with van der Waals surface area (Å²) in [4.78, 5) is 16.4. The summed E-state index contributed by atoms with van der Waals surface area (Å²) in [7, 11) is -3.23. The van der Waals surface area contributed by atoms with Crippen molar-refractivity contribution in [3.8, 4) is 0 Å². The van der Waals surface area contributed by atoms with Crippen LogP contribution in [0.15, 0.2) is 29.2 Å². The standard InChI is InChI=1S/C17H22F2N2O3S/c1-25(23,24)15-4-2-14(3-5-15)21-9-6-13(12-21)16(22)20-10-7-17(18,19)8-11-20/h2-5,13H,6-12H2,1H3. The fourth-order valence-corrected chi connectivity index (χ4v) is 4.04. The summed E-state index contributed by atoms with van der Waals surface area (Å²) in [6.45, 7) is 1.46. The third-order valence-electron chi connectivity index (χ3n) is 4.97. The molecule has 0 aliphatic carbocycles. The number of benzene rings is 1. The normalized spacial score (nSPS) is 23.7. The van der Waals surface area contributed by atoms with E-state index in [4.69, 9.17) is 0 Å². The summed E-state index contributed by atoms with van der Waals surface area (Å²) in [5.41, 5.74) is 0.868. The number of rotatable bonds is 3. The van der Waals surface area contributed by atoms with Crippen LogP contribution in [0.25, 0.3) is 0 Å². The minimum absolute atomic E-state index is 0.0502. The lowest BCUT2D eigenvalue weighted by Gasteiger charge is -2.33. The van der Waals surface area contributed by atoms with Gasteiger partial charge < -0.3 is 9.80 Å². The second kappa shape index (κ2) is 6.55. The van der Waals surface area contributed by atoms with E-state index >= 15 is 0 Å². The van der Waals surface area contributed by atoms with Crippen molar-refractivity contribution in [3.05, 3.63) is 24.3 Å². The van der Waals surface area contributed by atoms with Crippen molar-refractivity contribution in [1.29, 1.82) is 0 Å². The average Bonchev–Trinajstić information content (AvgIpc) is 3.03. The Bertz CT molecular complexity index is 740. The van der Waals surface area contributed by atoms with Crippen LogP contribution in [-0.2, 0) is 14.6 Å². The van der Waals surface area contributed by atoms with Gasteiger partial charge in [-0.1, -0.05) is 0 Å². The van der Waals surface area contributed by atoms with Crippen molar-refractivity contribution in [3.63, 3.8) is 0 Å². The molecule has 2 fully saturated rings. The molecule has 5 nitrogen and oxygen atoms in total. The summed E-state index contributed by atoms with van der Waals surface area (Å²) >= 11 is 0. The maximum absolute atomic E-state index is 13.2. The number of amides is 1. The Morgan fingerprint density at radius 1 is 1.12 bits per heavy atom. The van der Waals surface area contributed by atoms with Crippen LogP contribution in [-0.4, -0.2) is 57.6 Å². The van der Waals surface area contributed by atoms with E-state index in [9.17, 15) is 22.0 Å². The predicted molar refractivity (Wildman–Crippen MR) is 90.6 cm³/mol. The lowest BCUT2D eigenvalue weighted by molar-refractivity contribution is -0.140. The summed E-state index contributed by atoms with van der Waals surface area (Å²) in [5, 5.41) is 0. The molecule has 0 spiro atoms. The van der Waals surface area contributed by atoms with Crippen LogP contribution >= 0.6 is 0 Å². The van der Waals surface area contributed by atoms with Gasteiger partial charge in [-0.15, -0.1) is 0 Å². The van der Waals surface area contributed by atoms with Gasteiger partial charge in [-0.25, -0.2) is 17.2 Å². The molecule has 1 atom stereocenters. The van der Waals surface area contributed by atoms with Crippen LogP contribution in [0.4, 0.5) is 14.5 Å². The quantitative estimate of drug-likeness (QED) is 0.816. The van der Waals surface area contributed by atoms with E-state index in [0.29, 0.717) is 19.5 Å². The first kappa shape index (κ1) is 18.1. The number of anilines is 1. The Morgan fingerprint density at radius 2 is 1.72 bits per heavy atom. The van der Waals surface area contributed by atoms with Crippen molar-refractivity contribution in [1.82, 2.24) is 4.90 Å². The zero-order valence-corrected chi connectivity index (χ0v) is 14.9. The molecule has 2 heterocycles. The number of piperidine rings is 1. The molecule has 0 bridgehead atoms. The zero-order valence-electron chi connectivity index (χ0n) is 14.1. The summed E-state index contributed by atoms with van der Waals surface area (Å²) < 4.78 is 49.5. The van der Waals surface area contributed by atoms with E-state index in [2.05, 4.69) is 0 Å². The number of sulfone groups is 1. The molecule has 0 aromatic heterocycles. The van der Waals surface area contributed by atoms with Gasteiger partial charge in [0.05, 0.1) is 10.8 Å². The van der Waals surface area contributed by atoms with E-state index in [1.807, 2.05) is 4.90 Å². The van der Waals surface area contributed by atoms with Crippen molar-refractivity contribution in [2.75, 3.05) is 37.3 Å². The maximum Gasteiger partial charge on any atom is 0.251 e. The third-order valence-corrected chi connectivity index (χ3v) is 6.10. The van der Waals surface area contributed by atoms with Gasteiger partial charge in [0.2, 0.25) is 5.91 Å². The number of hydrogen-bond donors (Lipinski definition) is 0. The minimum Gasteiger partial charge on any atom is -0.371 e. The highest BCUT2D eigenvalue weighted by Crippen LogP contribution is 2.31. The number of likely N-dealkylation sites (tertiary alicyclic amines) is 1. The second-order valence-electron chi connectivity index (χ2n) is 6.88. The number of nitrogens with zero attached hydrogens (tertiary/aromatic N) is 2. The molecular weight excluding hydrogens is 350 g/mol. The fraction of sp³-hybridized carbons (Fsp3) is 0.588. The first-order chi connectivity index (χ1) is 11.7. The van der Waals surface area contributed by atoms with Gasteiger partial charge in [0.1, 0.15) is 0 Å². The van der Waals surface area contributed by atoms with Crippen LogP contribution < -0.4 is 4.90 Å². The molecule has 1 amide bonds. The molecule has 1 unspecified atom stereocenters. The Labute approximate surface area is 146 Å². The van der Waals surface area contributed by atoms with Gasteiger partial charge in [-0.05, 0) is 30.7 Å². The van der Waals surface area contributed by atoms with Gasteiger partial charge in [0.15, 0.2) is 9.84 Å². The fourth-order valence-electron chi connectivity index (χ4n) is 3.41. The number of hydrogen-bond acceptors (Lipinski definition) is 4. The van der Waals surface area contributed by atoms with E-state index in [0.717, 1.165) is 11.9 Å². The highest BCUT2D eigenvalue weighted by Gasteiger charge is 2.38. The number of halogens is 2. The molecule has 25 heavy (non-hydrogen) atoms. The molecule has 138 valence electrons. The van der Waals surface area contributed by atoms with Crippen molar-refractivity contribution in [2.45, 2.75) is 30.1 Å². The maximum atomic E-state index is 13.2. The molecule has 1 aromatic rings. The topological polar surface area (TPSA) is 57.7 Å². The van der Waals surface area contributed by atoms with Gasteiger partial charge in [0, 0.05) is 51.0 Å². The largest absolute Gasteiger partial charge is 0.371 e. The lowest BCUT2D eigenvalue weighted by Crippen LogP contribution is -2.45. The zero-order chi connectivity index (χ0) is 18.2. The monoisotopic (exact) mass is 372 g/mol. The summed E-state index contributed by atoms with van der Waals surface area (Å²) in [6, 6.07) is 6.61. The van der Waals surface area contributed by atoms with E-state index in [-0.39, 0.29) is 42.7 Å². The average molecular weight is 372 g/mol. The summed E-state index contributed by atoms with van der Waals surface area (Å²) in [5.74, 6) is -2.90. The van der Waals surface area contributed by atoms with Crippen LogP contribution in [0.3, 0.4) is 0 Å². The number of carbonyl (C=O) groups excluding carboxylic acids is 1. The van der Waals surface area contributed by atoms with Crippen LogP contribution in [0.1, 0.15) is 19.3 Å². The van der Waals surface area contributed by atoms with Gasteiger partial charge >= 0.3 is 0 Å². The first-order valence-electron chi connectivity index (χ1n) is 8.37. The Morgan fingerprint density at radius 3 is 2.28 bits per heavy atom. The molecule has 3 rings (SSSR count). The van der Waals surface area contributed by atoms with Crippen molar-refractivity contribution >= 4 is 21.4 Å². The molecule has 2 saturated heterocycles. The first-order valence-corrected chi connectivity index (χ1v) is 10.3. The summed E-state index contributed by atoms with van der Waals surface area (Å²) in [6.07, 6.45) is 1.32. The highest BCUT2D eigenvalue weighted by atomic mass is 32.2. The van der Waals surface area contributed by atoms with Crippen LogP contribution in [0.5, 0.6) is 0 Å². The molecule has 2 aliphatic rings. The molecular formula is C17H22F2N2O3S. The van der Waals surface area contributed by atoms with E-state index in [1.54, 1.807) is 29.2 Å². The minimum atomic E-state index is -3.23. The lowest BCUT2D eigenvalue weighted by atomic mass is 10.0. The Hall–Kier alpha value is -1.70. The van der Waals surface area contributed by atoms with Gasteiger partial charge in [-0.2, -0.15) is 0 Å². The second-order valence-corrected chi connectivity index (χ2v) is 8.89.